The second-order valence-corrected chi connectivity index (χ2v) is 5.45. The Kier molecular flexibility index (Phi) is 5.02. The van der Waals surface area contributed by atoms with Crippen LogP contribution in [0, 0.1) is 11.8 Å². The zero-order valence-corrected chi connectivity index (χ0v) is 11.1. The van der Waals surface area contributed by atoms with Gasteiger partial charge in [-0.25, -0.2) is 0 Å². The summed E-state index contributed by atoms with van der Waals surface area (Å²) in [6.45, 7) is 10.8. The average Bonchev–Trinajstić information content (AvgIpc) is 2.45. The first-order valence-corrected chi connectivity index (χ1v) is 7.11. The third-order valence-corrected chi connectivity index (χ3v) is 3.97. The highest BCUT2D eigenvalue weighted by molar-refractivity contribution is 7.36. The SMILES string of the molecule is C=PCC1OC(CCC)C(C(=C)C)C1C. The Hall–Kier alpha value is -0.130. The van der Waals surface area contributed by atoms with Crippen molar-refractivity contribution < 1.29 is 4.74 Å². The molecule has 86 valence electrons. The number of hydrogen-bond donors (Lipinski definition) is 0. The molecular weight excluding hydrogens is 203 g/mol. The summed E-state index contributed by atoms with van der Waals surface area (Å²) in [4.78, 5) is 0. The van der Waals surface area contributed by atoms with Crippen LogP contribution in [0.3, 0.4) is 0 Å². The summed E-state index contributed by atoms with van der Waals surface area (Å²) in [5.41, 5.74) is 1.28. The summed E-state index contributed by atoms with van der Waals surface area (Å²) in [7, 11) is 1.19. The summed E-state index contributed by atoms with van der Waals surface area (Å²) in [5, 5.41) is 0. The minimum absolute atomic E-state index is 0.391. The molecule has 1 fully saturated rings. The smallest absolute Gasteiger partial charge is 0.0686 e. The van der Waals surface area contributed by atoms with Crippen molar-refractivity contribution in [3.63, 3.8) is 0 Å². The summed E-state index contributed by atoms with van der Waals surface area (Å²) < 4.78 is 6.12. The Morgan fingerprint density at radius 3 is 2.53 bits per heavy atom. The summed E-state index contributed by atoms with van der Waals surface area (Å²) in [6, 6.07) is 0. The Labute approximate surface area is 95.7 Å². The third kappa shape index (κ3) is 2.92. The van der Waals surface area contributed by atoms with Crippen LogP contribution in [-0.2, 0) is 4.74 Å². The Morgan fingerprint density at radius 2 is 2.07 bits per heavy atom. The molecule has 1 nitrogen and oxygen atoms in total. The molecule has 2 heteroatoms. The van der Waals surface area contributed by atoms with Crippen molar-refractivity contribution in [2.24, 2.45) is 11.8 Å². The van der Waals surface area contributed by atoms with Crippen LogP contribution in [0.25, 0.3) is 0 Å². The molecule has 0 N–H and O–H groups in total. The van der Waals surface area contributed by atoms with Gasteiger partial charge in [0.25, 0.3) is 0 Å². The molecule has 0 radical (unpaired) electrons. The largest absolute Gasteiger partial charge is 0.373 e. The van der Waals surface area contributed by atoms with Crippen LogP contribution in [-0.4, -0.2) is 24.7 Å². The van der Waals surface area contributed by atoms with Gasteiger partial charge in [-0.3, -0.25) is 0 Å². The summed E-state index contributed by atoms with van der Waals surface area (Å²) in [5.74, 6) is 1.16. The van der Waals surface area contributed by atoms with E-state index in [0.29, 0.717) is 24.0 Å². The predicted molar refractivity (Wildman–Crippen MR) is 69.9 cm³/mol. The third-order valence-electron chi connectivity index (χ3n) is 3.35. The first kappa shape index (κ1) is 12.9. The molecule has 4 unspecified atom stereocenters. The molecule has 0 aromatic heterocycles. The molecule has 4 atom stereocenters. The average molecular weight is 226 g/mol. The van der Waals surface area contributed by atoms with E-state index in [1.54, 1.807) is 0 Å². The maximum atomic E-state index is 6.12. The molecule has 1 aliphatic rings. The number of rotatable bonds is 5. The first-order valence-electron chi connectivity index (χ1n) is 5.85. The fourth-order valence-electron chi connectivity index (χ4n) is 2.64. The topological polar surface area (TPSA) is 9.23 Å². The standard InChI is InChI=1S/C13H23OP/c1-6-7-11-13(9(2)3)10(4)12(14-11)8-15-5/h10-13H,2,5-8H2,1,3-4H3. The number of hydrogen-bond acceptors (Lipinski definition) is 1. The molecule has 0 saturated carbocycles. The van der Waals surface area contributed by atoms with Gasteiger partial charge in [0.1, 0.15) is 0 Å². The monoisotopic (exact) mass is 226 g/mol. The Morgan fingerprint density at radius 1 is 1.40 bits per heavy atom. The molecule has 0 aromatic rings. The zero-order valence-electron chi connectivity index (χ0n) is 10.2. The molecule has 1 aliphatic heterocycles. The van der Waals surface area contributed by atoms with Gasteiger partial charge >= 0.3 is 0 Å². The van der Waals surface area contributed by atoms with Crippen molar-refractivity contribution in [3.05, 3.63) is 12.2 Å². The normalized spacial score (nSPS) is 35.9. The van der Waals surface area contributed by atoms with E-state index in [9.17, 15) is 0 Å². The van der Waals surface area contributed by atoms with E-state index < -0.39 is 0 Å². The van der Waals surface area contributed by atoms with Gasteiger partial charge in [-0.15, -0.1) is 8.20 Å². The van der Waals surface area contributed by atoms with E-state index in [1.165, 1.54) is 20.2 Å². The lowest BCUT2D eigenvalue weighted by Crippen LogP contribution is -2.21. The van der Waals surface area contributed by atoms with E-state index in [-0.39, 0.29) is 0 Å². The van der Waals surface area contributed by atoms with Gasteiger partial charge in [-0.05, 0) is 19.3 Å². The highest BCUT2D eigenvalue weighted by Gasteiger charge is 2.40. The lowest BCUT2D eigenvalue weighted by Gasteiger charge is -2.20. The van der Waals surface area contributed by atoms with Crippen LogP contribution in [0.4, 0.5) is 0 Å². The van der Waals surface area contributed by atoms with Crippen molar-refractivity contribution in [2.75, 3.05) is 6.16 Å². The maximum absolute atomic E-state index is 6.12. The van der Waals surface area contributed by atoms with Crippen molar-refractivity contribution in [1.29, 1.82) is 0 Å². The van der Waals surface area contributed by atoms with E-state index >= 15 is 0 Å². The van der Waals surface area contributed by atoms with Crippen molar-refractivity contribution in [2.45, 2.75) is 45.8 Å². The van der Waals surface area contributed by atoms with Gasteiger partial charge < -0.3 is 4.74 Å². The van der Waals surface area contributed by atoms with E-state index in [4.69, 9.17) is 4.74 Å². The minimum atomic E-state index is 0.391. The maximum Gasteiger partial charge on any atom is 0.0686 e. The fraction of sp³-hybridized carbons (Fsp3) is 0.769. The second kappa shape index (κ2) is 5.82. The molecule has 15 heavy (non-hydrogen) atoms. The highest BCUT2D eigenvalue weighted by Crippen LogP contribution is 2.39. The molecule has 0 aromatic carbocycles. The quantitative estimate of drug-likeness (QED) is 0.512. The van der Waals surface area contributed by atoms with E-state index in [2.05, 4.69) is 33.6 Å². The predicted octanol–water partition coefficient (Wildman–Crippen LogP) is 3.76. The molecule has 0 aliphatic carbocycles. The van der Waals surface area contributed by atoms with Crippen LogP contribution in [0.5, 0.6) is 0 Å². The van der Waals surface area contributed by atoms with Gasteiger partial charge in [-0.2, -0.15) is 0 Å². The lowest BCUT2D eigenvalue weighted by atomic mass is 9.83. The van der Waals surface area contributed by atoms with Crippen LogP contribution in [0.15, 0.2) is 12.2 Å². The van der Waals surface area contributed by atoms with Crippen LogP contribution in [0.1, 0.15) is 33.6 Å². The Balaban J connectivity index is 2.72. The fourth-order valence-corrected chi connectivity index (χ4v) is 3.31. The number of ether oxygens (including phenoxy) is 1. The molecule has 1 saturated heterocycles. The van der Waals surface area contributed by atoms with Crippen LogP contribution >= 0.6 is 8.20 Å². The van der Waals surface area contributed by atoms with Gasteiger partial charge in [0.05, 0.1) is 12.2 Å². The first-order chi connectivity index (χ1) is 7.11. The molecular formula is C13H23OP. The van der Waals surface area contributed by atoms with Crippen molar-refractivity contribution in [1.82, 2.24) is 0 Å². The zero-order chi connectivity index (χ0) is 11.4. The molecule has 0 amide bonds. The summed E-state index contributed by atoms with van der Waals surface area (Å²) in [6.07, 6.45) is 8.09. The van der Waals surface area contributed by atoms with Gasteiger partial charge in [0.15, 0.2) is 0 Å². The van der Waals surface area contributed by atoms with Gasteiger partial charge in [0.2, 0.25) is 0 Å². The summed E-state index contributed by atoms with van der Waals surface area (Å²) >= 11 is 0. The van der Waals surface area contributed by atoms with E-state index in [0.717, 1.165) is 12.6 Å². The second-order valence-electron chi connectivity index (χ2n) is 4.64. The van der Waals surface area contributed by atoms with E-state index in [1.807, 2.05) is 0 Å². The van der Waals surface area contributed by atoms with Gasteiger partial charge in [0, 0.05) is 12.1 Å². The van der Waals surface area contributed by atoms with Crippen molar-refractivity contribution >= 4 is 14.5 Å². The lowest BCUT2D eigenvalue weighted by molar-refractivity contribution is 0.0397. The molecule has 0 spiro atoms. The van der Waals surface area contributed by atoms with Gasteiger partial charge in [-0.1, -0.05) is 38.7 Å². The highest BCUT2D eigenvalue weighted by atomic mass is 31.1. The molecule has 1 rings (SSSR count). The molecule has 1 heterocycles. The Bertz CT molecular complexity index is 237. The van der Waals surface area contributed by atoms with Crippen LogP contribution in [0.2, 0.25) is 0 Å². The van der Waals surface area contributed by atoms with Crippen LogP contribution < -0.4 is 0 Å². The molecule has 0 bridgehead atoms. The van der Waals surface area contributed by atoms with Crippen molar-refractivity contribution in [3.8, 4) is 0 Å². The minimum Gasteiger partial charge on any atom is -0.373 e.